The highest BCUT2D eigenvalue weighted by atomic mass is 16.3. The van der Waals surface area contributed by atoms with Gasteiger partial charge in [0.05, 0.1) is 6.04 Å². The van der Waals surface area contributed by atoms with Gasteiger partial charge in [-0.15, -0.1) is 0 Å². The average molecular weight is 640 g/mol. The van der Waals surface area contributed by atoms with Gasteiger partial charge in [0, 0.05) is 38.7 Å². The van der Waals surface area contributed by atoms with E-state index in [-0.39, 0.29) is 6.04 Å². The Labute approximate surface area is 290 Å². The van der Waals surface area contributed by atoms with Crippen molar-refractivity contribution in [2.45, 2.75) is 12.5 Å². The molecule has 2 heteroatoms. The van der Waals surface area contributed by atoms with Gasteiger partial charge in [-0.05, 0) is 68.8 Å². The predicted molar refractivity (Wildman–Crippen MR) is 212 cm³/mol. The normalized spacial score (nSPS) is 14.6. The molecule has 1 heterocycles. The minimum absolute atomic E-state index is 0.0774. The van der Waals surface area contributed by atoms with Crippen molar-refractivity contribution >= 4 is 71.2 Å². The molecule has 0 aliphatic heterocycles. The van der Waals surface area contributed by atoms with Crippen LogP contribution in [0.2, 0.25) is 0 Å². The fourth-order valence-electron chi connectivity index (χ4n) is 8.03. The second-order valence-corrected chi connectivity index (χ2v) is 13.2. The third kappa shape index (κ3) is 4.64. The molecule has 9 aromatic rings. The van der Waals surface area contributed by atoms with E-state index in [4.69, 9.17) is 4.42 Å². The molecule has 0 saturated heterocycles. The van der Waals surface area contributed by atoms with E-state index in [1.807, 2.05) is 0 Å². The summed E-state index contributed by atoms with van der Waals surface area (Å²) in [7, 11) is 0. The van der Waals surface area contributed by atoms with Crippen LogP contribution in [0.15, 0.2) is 186 Å². The predicted octanol–water partition coefficient (Wildman–Crippen LogP) is 13.3. The summed E-state index contributed by atoms with van der Waals surface area (Å²) in [6.45, 7) is 0. The maximum absolute atomic E-state index is 6.78. The van der Waals surface area contributed by atoms with Crippen molar-refractivity contribution in [2.75, 3.05) is 4.90 Å². The summed E-state index contributed by atoms with van der Waals surface area (Å²) < 4.78 is 6.78. The van der Waals surface area contributed by atoms with Crippen LogP contribution in [0.3, 0.4) is 0 Å². The van der Waals surface area contributed by atoms with Crippen LogP contribution in [0.4, 0.5) is 11.4 Å². The van der Waals surface area contributed by atoms with Crippen molar-refractivity contribution in [1.82, 2.24) is 0 Å². The highest BCUT2D eigenvalue weighted by molar-refractivity contribution is 6.15. The largest absolute Gasteiger partial charge is 0.455 e. The van der Waals surface area contributed by atoms with E-state index < -0.39 is 0 Å². The van der Waals surface area contributed by atoms with Crippen molar-refractivity contribution in [3.63, 3.8) is 0 Å². The van der Waals surface area contributed by atoms with Gasteiger partial charge >= 0.3 is 0 Å². The molecule has 0 fully saturated rings. The smallest absolute Gasteiger partial charge is 0.143 e. The summed E-state index contributed by atoms with van der Waals surface area (Å²) >= 11 is 0. The lowest BCUT2D eigenvalue weighted by Crippen LogP contribution is -2.31. The lowest BCUT2D eigenvalue weighted by atomic mass is 9.91. The summed E-state index contributed by atoms with van der Waals surface area (Å²) in [5, 5.41) is 9.68. The monoisotopic (exact) mass is 639 g/mol. The van der Waals surface area contributed by atoms with Crippen LogP contribution in [-0.4, -0.2) is 6.04 Å². The minimum Gasteiger partial charge on any atom is -0.455 e. The number of furan rings is 1. The van der Waals surface area contributed by atoms with Crippen molar-refractivity contribution in [3.05, 3.63) is 188 Å². The Morgan fingerprint density at radius 1 is 0.480 bits per heavy atom. The quantitative estimate of drug-likeness (QED) is 0.174. The van der Waals surface area contributed by atoms with Crippen LogP contribution in [0.5, 0.6) is 0 Å². The second-order valence-electron chi connectivity index (χ2n) is 13.2. The number of anilines is 2. The number of para-hydroxylation sites is 2. The third-order valence-electron chi connectivity index (χ3n) is 10.4. The molecule has 0 spiro atoms. The van der Waals surface area contributed by atoms with Gasteiger partial charge in [-0.1, -0.05) is 158 Å². The van der Waals surface area contributed by atoms with Gasteiger partial charge in [0.25, 0.3) is 0 Å². The van der Waals surface area contributed by atoms with E-state index in [0.29, 0.717) is 0 Å². The molecule has 0 amide bonds. The van der Waals surface area contributed by atoms with Crippen LogP contribution in [0.1, 0.15) is 12.0 Å². The Kier molecular flexibility index (Phi) is 6.67. The molecule has 50 heavy (non-hydrogen) atoms. The molecule has 1 aliphatic carbocycles. The first-order chi connectivity index (χ1) is 24.8. The fourth-order valence-corrected chi connectivity index (χ4v) is 8.03. The number of hydrogen-bond acceptors (Lipinski definition) is 2. The zero-order valence-electron chi connectivity index (χ0n) is 27.5. The lowest BCUT2D eigenvalue weighted by Gasteiger charge is -2.36. The Bertz CT molecular complexity index is 2800. The molecule has 0 radical (unpaired) electrons. The number of rotatable bonds is 5. The molecule has 236 valence electrons. The summed E-state index contributed by atoms with van der Waals surface area (Å²) in [5.74, 6) is 0. The first-order valence-electron chi connectivity index (χ1n) is 17.4. The Morgan fingerprint density at radius 3 is 2.06 bits per heavy atom. The second kappa shape index (κ2) is 11.6. The van der Waals surface area contributed by atoms with Crippen molar-refractivity contribution in [3.8, 4) is 11.1 Å². The highest BCUT2D eigenvalue weighted by Gasteiger charge is 2.27. The van der Waals surface area contributed by atoms with Gasteiger partial charge in [-0.2, -0.15) is 0 Å². The van der Waals surface area contributed by atoms with E-state index >= 15 is 0 Å². The van der Waals surface area contributed by atoms with Crippen LogP contribution < -0.4 is 4.90 Å². The molecule has 1 aliphatic rings. The summed E-state index contributed by atoms with van der Waals surface area (Å²) in [4.78, 5) is 2.56. The standard InChI is InChI=1S/C48H33NO/c1-2-13-32(14-3-1)34-18-10-19-37(29-34)49(46-26-12-22-39-38-20-7-6-15-33(38)27-28-41(39)46)45-25-9-8-21-40(45)42-23-11-24-43-44-30-35-16-4-5-17-36(35)31-47(44)50-48(42)43/h1-28,30-31,37H,29H2. The molecule has 1 atom stereocenters. The van der Waals surface area contributed by atoms with Gasteiger partial charge < -0.3 is 9.32 Å². The molecular formula is C48H33NO. The molecule has 8 aromatic carbocycles. The topological polar surface area (TPSA) is 16.4 Å². The zero-order chi connectivity index (χ0) is 33.0. The number of fused-ring (bicyclic) bond motifs is 7. The van der Waals surface area contributed by atoms with Crippen molar-refractivity contribution < 1.29 is 4.42 Å². The van der Waals surface area contributed by atoms with Crippen LogP contribution in [-0.2, 0) is 0 Å². The Hall–Kier alpha value is -6.38. The van der Waals surface area contributed by atoms with Gasteiger partial charge in [-0.25, -0.2) is 0 Å². The van der Waals surface area contributed by atoms with Gasteiger partial charge in [0.15, 0.2) is 0 Å². The summed E-state index contributed by atoms with van der Waals surface area (Å²) in [6, 6.07) is 59.2. The van der Waals surface area contributed by atoms with Crippen molar-refractivity contribution in [2.24, 2.45) is 0 Å². The van der Waals surface area contributed by atoms with E-state index in [2.05, 4.69) is 187 Å². The van der Waals surface area contributed by atoms with E-state index in [0.717, 1.165) is 45.2 Å². The van der Waals surface area contributed by atoms with Crippen LogP contribution >= 0.6 is 0 Å². The molecule has 10 rings (SSSR count). The number of allylic oxidation sites excluding steroid dienone is 2. The number of benzene rings is 8. The number of hydrogen-bond donors (Lipinski definition) is 0. The molecule has 0 saturated carbocycles. The molecule has 1 unspecified atom stereocenters. The molecule has 2 nitrogen and oxygen atoms in total. The first kappa shape index (κ1) is 28.6. The van der Waals surface area contributed by atoms with Gasteiger partial charge in [0.1, 0.15) is 11.2 Å². The summed E-state index contributed by atoms with van der Waals surface area (Å²) in [5.41, 5.74) is 8.99. The van der Waals surface area contributed by atoms with Crippen molar-refractivity contribution in [1.29, 1.82) is 0 Å². The average Bonchev–Trinajstić information content (AvgIpc) is 3.55. The molecular weight excluding hydrogens is 607 g/mol. The minimum atomic E-state index is 0.0774. The lowest BCUT2D eigenvalue weighted by molar-refractivity contribution is 0.670. The van der Waals surface area contributed by atoms with Crippen LogP contribution in [0, 0.1) is 0 Å². The highest BCUT2D eigenvalue weighted by Crippen LogP contribution is 2.46. The first-order valence-corrected chi connectivity index (χ1v) is 17.4. The maximum Gasteiger partial charge on any atom is 0.143 e. The van der Waals surface area contributed by atoms with Crippen LogP contribution in [0.25, 0.3) is 71.0 Å². The fraction of sp³-hybridized carbons (Fsp3) is 0.0417. The third-order valence-corrected chi connectivity index (χ3v) is 10.4. The van der Waals surface area contributed by atoms with E-state index in [1.54, 1.807) is 0 Å². The van der Waals surface area contributed by atoms with Gasteiger partial charge in [0.2, 0.25) is 0 Å². The van der Waals surface area contributed by atoms with Gasteiger partial charge in [-0.3, -0.25) is 0 Å². The maximum atomic E-state index is 6.78. The summed E-state index contributed by atoms with van der Waals surface area (Å²) in [6.07, 6.45) is 7.74. The zero-order valence-corrected chi connectivity index (χ0v) is 27.5. The molecule has 0 bridgehead atoms. The Morgan fingerprint density at radius 2 is 1.16 bits per heavy atom. The Balaban J connectivity index is 1.21. The number of nitrogens with zero attached hydrogens (tertiary/aromatic N) is 1. The molecule has 0 N–H and O–H groups in total. The van der Waals surface area contributed by atoms with E-state index in [1.165, 1.54) is 49.1 Å². The van der Waals surface area contributed by atoms with E-state index in [9.17, 15) is 0 Å². The SMILES string of the molecule is C1=CC(N(c2ccccc2-c2cccc3c2oc2cc4ccccc4cc23)c2cccc3c2ccc2ccccc23)CC(c2ccccc2)=C1. The molecule has 1 aromatic heterocycles.